The summed E-state index contributed by atoms with van der Waals surface area (Å²) in [4.78, 5) is 35.3. The van der Waals surface area contributed by atoms with Crippen LogP contribution in [0.1, 0.15) is 41.5 Å². The highest BCUT2D eigenvalue weighted by Gasteiger charge is 2.20. The molecular formula is C29H33ClN2O5. The van der Waals surface area contributed by atoms with Crippen molar-refractivity contribution < 1.29 is 19.8 Å². The molecule has 1 fully saturated rings. The largest absolute Gasteiger partial charge is 0.473 e. The van der Waals surface area contributed by atoms with Gasteiger partial charge in [-0.2, -0.15) is 0 Å². The van der Waals surface area contributed by atoms with E-state index in [1.807, 2.05) is 0 Å². The second-order valence-electron chi connectivity index (χ2n) is 9.30. The first-order valence-electron chi connectivity index (χ1n) is 12.5. The summed E-state index contributed by atoms with van der Waals surface area (Å²) >= 11 is 6.04. The Bertz CT molecular complexity index is 1210. The van der Waals surface area contributed by atoms with Crippen molar-refractivity contribution in [2.45, 2.75) is 45.1 Å². The minimum atomic E-state index is -1.82. The topological polar surface area (TPSA) is 111 Å². The zero-order chi connectivity index (χ0) is 26.6. The van der Waals surface area contributed by atoms with Crippen LogP contribution in [0.2, 0.25) is 5.02 Å². The fourth-order valence-corrected chi connectivity index (χ4v) is 4.81. The number of halogens is 1. The maximum Gasteiger partial charge on any atom is 0.414 e. The number of H-pyrrole nitrogens is 1. The third-order valence-electron chi connectivity index (χ3n) is 6.70. The van der Waals surface area contributed by atoms with Crippen LogP contribution in [-0.2, 0) is 35.4 Å². The number of aliphatic carboxylic acids is 2. The number of carboxylic acids is 2. The standard InChI is InChI=1S/C27H31ClN2O.C2H2O4/c28-26-18-25(27(31)29-19-26)20-30-16-14-22(15-17-30)11-13-24-9-5-4-8-23(24)12-10-21-6-2-1-3-7-21;3-1(4)2(5)6/h1-9,18-19,22H,10-17,20H2,(H,29,31);(H,3,4)(H,5,6). The van der Waals surface area contributed by atoms with Gasteiger partial charge < -0.3 is 15.2 Å². The minimum absolute atomic E-state index is 0.0290. The fourth-order valence-electron chi connectivity index (χ4n) is 4.62. The molecule has 3 N–H and O–H groups in total. The number of hydrogen-bond acceptors (Lipinski definition) is 4. The summed E-state index contributed by atoms with van der Waals surface area (Å²) in [6.45, 7) is 2.78. The van der Waals surface area contributed by atoms with Crippen molar-refractivity contribution in [3.05, 3.63) is 104 Å². The number of likely N-dealkylation sites (tertiary alicyclic amines) is 1. The van der Waals surface area contributed by atoms with Crippen LogP contribution >= 0.6 is 11.6 Å². The van der Waals surface area contributed by atoms with Crippen molar-refractivity contribution >= 4 is 23.5 Å². The molecule has 0 unspecified atom stereocenters. The highest BCUT2D eigenvalue weighted by molar-refractivity contribution is 6.30. The summed E-state index contributed by atoms with van der Waals surface area (Å²) in [5, 5.41) is 15.4. The predicted molar refractivity (Wildman–Crippen MR) is 144 cm³/mol. The molecule has 0 spiro atoms. The molecule has 0 atom stereocenters. The van der Waals surface area contributed by atoms with Crippen molar-refractivity contribution in [1.82, 2.24) is 9.88 Å². The zero-order valence-corrected chi connectivity index (χ0v) is 21.5. The summed E-state index contributed by atoms with van der Waals surface area (Å²) in [5.41, 5.74) is 5.13. The van der Waals surface area contributed by atoms with Crippen molar-refractivity contribution in [2.75, 3.05) is 13.1 Å². The van der Waals surface area contributed by atoms with Crippen LogP contribution in [0.4, 0.5) is 0 Å². The first-order chi connectivity index (χ1) is 17.8. The maximum absolute atomic E-state index is 12.0. The van der Waals surface area contributed by atoms with E-state index in [0.717, 1.165) is 43.8 Å². The predicted octanol–water partition coefficient (Wildman–Crippen LogP) is 4.81. The highest BCUT2D eigenvalue weighted by Crippen LogP contribution is 2.25. The third-order valence-corrected chi connectivity index (χ3v) is 6.91. The normalized spacial score (nSPS) is 14.0. The van der Waals surface area contributed by atoms with Gasteiger partial charge >= 0.3 is 11.9 Å². The molecule has 0 radical (unpaired) electrons. The molecule has 196 valence electrons. The molecule has 0 amide bonds. The summed E-state index contributed by atoms with van der Waals surface area (Å²) in [5.74, 6) is -2.89. The quantitative estimate of drug-likeness (QED) is 0.364. The molecule has 3 aromatic rings. The Morgan fingerprint density at radius 3 is 2.08 bits per heavy atom. The van der Waals surface area contributed by atoms with Crippen LogP contribution in [0, 0.1) is 5.92 Å². The molecular weight excluding hydrogens is 492 g/mol. The molecule has 1 aromatic heterocycles. The van der Waals surface area contributed by atoms with Crippen molar-refractivity contribution in [2.24, 2.45) is 5.92 Å². The summed E-state index contributed by atoms with van der Waals surface area (Å²) in [7, 11) is 0. The Balaban J connectivity index is 0.000000568. The Morgan fingerprint density at radius 2 is 1.46 bits per heavy atom. The van der Waals surface area contributed by atoms with Gasteiger partial charge in [-0.3, -0.25) is 9.69 Å². The fraction of sp³-hybridized carbons (Fsp3) is 0.345. The zero-order valence-electron chi connectivity index (χ0n) is 20.7. The van der Waals surface area contributed by atoms with Crippen LogP contribution in [0.15, 0.2) is 71.7 Å². The Morgan fingerprint density at radius 1 is 0.865 bits per heavy atom. The SMILES string of the molecule is O=C(O)C(=O)O.O=c1[nH]cc(Cl)cc1CN1CCC(CCc2ccccc2CCc2ccccc2)CC1. The number of aromatic nitrogens is 1. The molecule has 2 aromatic carbocycles. The Hall–Kier alpha value is -3.42. The molecule has 0 saturated carbocycles. The molecule has 2 heterocycles. The van der Waals surface area contributed by atoms with Crippen LogP contribution in [-0.4, -0.2) is 45.1 Å². The van der Waals surface area contributed by atoms with Crippen molar-refractivity contribution in [3.63, 3.8) is 0 Å². The molecule has 1 saturated heterocycles. The summed E-state index contributed by atoms with van der Waals surface area (Å²) < 4.78 is 0. The van der Waals surface area contributed by atoms with Gasteiger partial charge in [0.2, 0.25) is 0 Å². The van der Waals surface area contributed by atoms with Crippen LogP contribution in [0.5, 0.6) is 0 Å². The molecule has 0 bridgehead atoms. The van der Waals surface area contributed by atoms with Gasteiger partial charge in [-0.1, -0.05) is 66.2 Å². The van der Waals surface area contributed by atoms with Gasteiger partial charge in [-0.05, 0) is 80.3 Å². The van der Waals surface area contributed by atoms with E-state index in [9.17, 15) is 4.79 Å². The summed E-state index contributed by atoms with van der Waals surface area (Å²) in [6, 6.07) is 21.5. The Labute approximate surface area is 221 Å². The number of nitrogens with zero attached hydrogens (tertiary/aromatic N) is 1. The van der Waals surface area contributed by atoms with Crippen molar-refractivity contribution in [3.8, 4) is 0 Å². The van der Waals surface area contributed by atoms with E-state index >= 15 is 0 Å². The van der Waals surface area contributed by atoms with Gasteiger partial charge in [-0.25, -0.2) is 9.59 Å². The number of benzene rings is 2. The number of nitrogens with one attached hydrogen (secondary N) is 1. The molecule has 8 heteroatoms. The maximum atomic E-state index is 12.0. The van der Waals surface area contributed by atoms with E-state index < -0.39 is 11.9 Å². The number of carbonyl (C=O) groups is 2. The Kier molecular flexibility index (Phi) is 10.9. The molecule has 0 aliphatic carbocycles. The number of carboxylic acid groups (broad SMARTS) is 2. The number of hydrogen-bond donors (Lipinski definition) is 3. The first kappa shape index (κ1) is 28.2. The van der Waals surface area contributed by atoms with Gasteiger partial charge in [0.1, 0.15) is 0 Å². The van der Waals surface area contributed by atoms with E-state index in [2.05, 4.69) is 64.5 Å². The lowest BCUT2D eigenvalue weighted by atomic mass is 9.88. The first-order valence-corrected chi connectivity index (χ1v) is 12.9. The monoisotopic (exact) mass is 524 g/mol. The lowest BCUT2D eigenvalue weighted by Crippen LogP contribution is -2.35. The number of aryl methyl sites for hydroxylation is 3. The van der Waals surface area contributed by atoms with Crippen molar-refractivity contribution in [1.29, 1.82) is 0 Å². The number of pyridine rings is 1. The second-order valence-corrected chi connectivity index (χ2v) is 9.73. The van der Waals surface area contributed by atoms with Gasteiger partial charge in [0.05, 0.1) is 5.02 Å². The van der Waals surface area contributed by atoms with E-state index in [1.54, 1.807) is 12.3 Å². The molecule has 1 aliphatic heterocycles. The highest BCUT2D eigenvalue weighted by atomic mass is 35.5. The van der Waals surface area contributed by atoms with Gasteiger partial charge in [0, 0.05) is 18.3 Å². The number of rotatable bonds is 8. The smallest absolute Gasteiger partial charge is 0.414 e. The average molecular weight is 525 g/mol. The van der Waals surface area contributed by atoms with Crippen LogP contribution < -0.4 is 5.56 Å². The minimum Gasteiger partial charge on any atom is -0.473 e. The van der Waals surface area contributed by atoms with Gasteiger partial charge in [0.25, 0.3) is 5.56 Å². The molecule has 37 heavy (non-hydrogen) atoms. The van der Waals surface area contributed by atoms with E-state index in [0.29, 0.717) is 11.6 Å². The van der Waals surface area contributed by atoms with E-state index in [1.165, 1.54) is 36.0 Å². The molecule has 4 rings (SSSR count). The number of aromatic amines is 1. The van der Waals surface area contributed by atoms with Crippen LogP contribution in [0.3, 0.4) is 0 Å². The second kappa shape index (κ2) is 14.4. The van der Waals surface area contributed by atoms with Gasteiger partial charge in [-0.15, -0.1) is 0 Å². The molecule has 1 aliphatic rings. The third kappa shape index (κ3) is 9.52. The summed E-state index contributed by atoms with van der Waals surface area (Å²) in [6.07, 6.45) is 8.55. The van der Waals surface area contributed by atoms with E-state index in [4.69, 9.17) is 31.4 Å². The lowest BCUT2D eigenvalue weighted by Gasteiger charge is -2.32. The van der Waals surface area contributed by atoms with E-state index in [-0.39, 0.29) is 5.56 Å². The van der Waals surface area contributed by atoms with Gasteiger partial charge in [0.15, 0.2) is 0 Å². The van der Waals surface area contributed by atoms with Crippen LogP contribution in [0.25, 0.3) is 0 Å². The lowest BCUT2D eigenvalue weighted by molar-refractivity contribution is -0.159. The number of piperidine rings is 1. The molecule has 7 nitrogen and oxygen atoms in total. The average Bonchev–Trinajstić information content (AvgIpc) is 2.90.